The molecule has 0 amide bonds. The van der Waals surface area contributed by atoms with E-state index in [1.807, 2.05) is 19.4 Å². The van der Waals surface area contributed by atoms with E-state index in [1.54, 1.807) is 0 Å². The van der Waals surface area contributed by atoms with Crippen LogP contribution >= 0.6 is 0 Å². The number of rotatable bonds is 5. The quantitative estimate of drug-likeness (QED) is 0.886. The first-order valence-electron chi connectivity index (χ1n) is 7.05. The number of likely N-dealkylation sites (tertiary alicyclic amines) is 1. The van der Waals surface area contributed by atoms with E-state index in [-0.39, 0.29) is 0 Å². The van der Waals surface area contributed by atoms with E-state index in [0.717, 1.165) is 44.5 Å². The molecule has 0 radical (unpaired) electrons. The van der Waals surface area contributed by atoms with Crippen molar-refractivity contribution in [3.63, 3.8) is 0 Å². The van der Waals surface area contributed by atoms with E-state index < -0.39 is 11.5 Å². The molecule has 19 heavy (non-hydrogen) atoms. The van der Waals surface area contributed by atoms with E-state index in [0.29, 0.717) is 6.54 Å². The Morgan fingerprint density at radius 3 is 3.00 bits per heavy atom. The predicted octanol–water partition coefficient (Wildman–Crippen LogP) is 2.12. The molecule has 1 atom stereocenters. The molecule has 0 aromatic carbocycles. The van der Waals surface area contributed by atoms with Crippen molar-refractivity contribution < 1.29 is 9.90 Å². The Kier molecular flexibility index (Phi) is 4.24. The van der Waals surface area contributed by atoms with E-state index in [4.69, 9.17) is 0 Å². The van der Waals surface area contributed by atoms with Gasteiger partial charge in [-0.25, -0.2) is 4.98 Å². The summed E-state index contributed by atoms with van der Waals surface area (Å²) in [5, 5.41) is 9.51. The van der Waals surface area contributed by atoms with Crippen molar-refractivity contribution in [3.05, 3.63) is 18.2 Å². The van der Waals surface area contributed by atoms with Gasteiger partial charge in [-0.1, -0.05) is 6.92 Å². The Balaban J connectivity index is 2.15. The standard InChI is InChI=1S/C14H23N3O2/c1-3-7-16-11-15-9-12(16)10-17-8-5-4-6-14(17,2)13(18)19/h9,11H,3-8,10H2,1-2H3,(H,18,19). The van der Waals surface area contributed by atoms with Crippen LogP contribution < -0.4 is 0 Å². The van der Waals surface area contributed by atoms with Crippen LogP contribution in [0.1, 0.15) is 45.2 Å². The second-order valence-corrected chi connectivity index (χ2v) is 5.54. The summed E-state index contributed by atoms with van der Waals surface area (Å²) in [6.45, 7) is 6.43. The Bertz CT molecular complexity index is 444. The Morgan fingerprint density at radius 2 is 2.32 bits per heavy atom. The van der Waals surface area contributed by atoms with E-state index in [2.05, 4.69) is 21.4 Å². The third-order valence-electron chi connectivity index (χ3n) is 4.12. The highest BCUT2D eigenvalue weighted by molar-refractivity contribution is 5.78. The number of piperidine rings is 1. The molecule has 1 aromatic heterocycles. The SMILES string of the molecule is CCCn1cncc1CN1CCCCC1(C)C(=O)O. The Morgan fingerprint density at radius 1 is 1.53 bits per heavy atom. The van der Waals surface area contributed by atoms with Gasteiger partial charge in [0, 0.05) is 19.3 Å². The minimum Gasteiger partial charge on any atom is -0.480 e. The van der Waals surface area contributed by atoms with Gasteiger partial charge in [0.05, 0.1) is 12.0 Å². The van der Waals surface area contributed by atoms with Crippen molar-refractivity contribution in [3.8, 4) is 0 Å². The summed E-state index contributed by atoms with van der Waals surface area (Å²) < 4.78 is 2.12. The Hall–Kier alpha value is -1.36. The van der Waals surface area contributed by atoms with Gasteiger partial charge in [-0.3, -0.25) is 9.69 Å². The van der Waals surface area contributed by atoms with Crippen molar-refractivity contribution in [1.29, 1.82) is 0 Å². The lowest BCUT2D eigenvalue weighted by atomic mass is 9.88. The second-order valence-electron chi connectivity index (χ2n) is 5.54. The fourth-order valence-corrected chi connectivity index (χ4v) is 2.79. The summed E-state index contributed by atoms with van der Waals surface area (Å²) in [5.74, 6) is -0.714. The van der Waals surface area contributed by atoms with Crippen LogP contribution in [-0.2, 0) is 17.9 Å². The van der Waals surface area contributed by atoms with Crippen LogP contribution in [-0.4, -0.2) is 37.6 Å². The Labute approximate surface area is 114 Å². The third-order valence-corrected chi connectivity index (χ3v) is 4.12. The summed E-state index contributed by atoms with van der Waals surface area (Å²) in [6.07, 6.45) is 7.54. The van der Waals surface area contributed by atoms with Gasteiger partial charge in [-0.05, 0) is 39.2 Å². The van der Waals surface area contributed by atoms with Gasteiger partial charge in [0.15, 0.2) is 0 Å². The lowest BCUT2D eigenvalue weighted by molar-refractivity contribution is -0.153. The van der Waals surface area contributed by atoms with Gasteiger partial charge in [-0.15, -0.1) is 0 Å². The first-order chi connectivity index (χ1) is 9.08. The molecule has 1 aromatic rings. The fraction of sp³-hybridized carbons (Fsp3) is 0.714. The summed E-state index contributed by atoms with van der Waals surface area (Å²) in [7, 11) is 0. The first kappa shape index (κ1) is 14.1. The number of carbonyl (C=O) groups is 1. The summed E-state index contributed by atoms with van der Waals surface area (Å²) in [5.41, 5.74) is 0.371. The van der Waals surface area contributed by atoms with Crippen molar-refractivity contribution >= 4 is 5.97 Å². The molecule has 1 fully saturated rings. The zero-order valence-electron chi connectivity index (χ0n) is 11.8. The van der Waals surface area contributed by atoms with Crippen molar-refractivity contribution in [2.75, 3.05) is 6.54 Å². The number of aliphatic carboxylic acids is 1. The third kappa shape index (κ3) is 2.81. The van der Waals surface area contributed by atoms with Crippen molar-refractivity contribution in [1.82, 2.24) is 14.5 Å². The number of aryl methyl sites for hydroxylation is 1. The molecule has 106 valence electrons. The average molecular weight is 265 g/mol. The van der Waals surface area contributed by atoms with Crippen LogP contribution in [0.15, 0.2) is 12.5 Å². The lowest BCUT2D eigenvalue weighted by Crippen LogP contribution is -2.54. The van der Waals surface area contributed by atoms with Gasteiger partial charge in [0.2, 0.25) is 0 Å². The lowest BCUT2D eigenvalue weighted by Gasteiger charge is -2.41. The molecule has 0 aliphatic carbocycles. The van der Waals surface area contributed by atoms with E-state index in [1.165, 1.54) is 0 Å². The topological polar surface area (TPSA) is 58.4 Å². The maximum absolute atomic E-state index is 11.6. The maximum Gasteiger partial charge on any atom is 0.323 e. The number of aromatic nitrogens is 2. The molecule has 5 heteroatoms. The summed E-state index contributed by atoms with van der Waals surface area (Å²) in [4.78, 5) is 17.8. The number of carboxylic acids is 1. The summed E-state index contributed by atoms with van der Waals surface area (Å²) >= 11 is 0. The van der Waals surface area contributed by atoms with Gasteiger partial charge in [0.1, 0.15) is 5.54 Å². The van der Waals surface area contributed by atoms with Crippen LogP contribution in [0, 0.1) is 0 Å². The number of imidazole rings is 1. The molecular weight excluding hydrogens is 242 g/mol. The van der Waals surface area contributed by atoms with Gasteiger partial charge in [0.25, 0.3) is 0 Å². The van der Waals surface area contributed by atoms with Crippen LogP contribution in [0.3, 0.4) is 0 Å². The molecule has 1 saturated heterocycles. The maximum atomic E-state index is 11.6. The molecule has 1 N–H and O–H groups in total. The van der Waals surface area contributed by atoms with Crippen LogP contribution in [0.2, 0.25) is 0 Å². The minimum atomic E-state index is -0.737. The van der Waals surface area contributed by atoms with E-state index in [9.17, 15) is 9.90 Å². The summed E-state index contributed by atoms with van der Waals surface area (Å²) in [6, 6.07) is 0. The average Bonchev–Trinajstić information content (AvgIpc) is 2.80. The second kappa shape index (κ2) is 5.74. The first-order valence-corrected chi connectivity index (χ1v) is 7.05. The monoisotopic (exact) mass is 265 g/mol. The van der Waals surface area contributed by atoms with Crippen molar-refractivity contribution in [2.45, 2.75) is 58.2 Å². The predicted molar refractivity (Wildman–Crippen MR) is 72.8 cm³/mol. The molecule has 0 saturated carbocycles. The number of hydrogen-bond acceptors (Lipinski definition) is 3. The molecule has 2 heterocycles. The molecule has 0 bridgehead atoms. The van der Waals surface area contributed by atoms with Crippen molar-refractivity contribution in [2.24, 2.45) is 0 Å². The number of carboxylic acid groups (broad SMARTS) is 1. The molecule has 5 nitrogen and oxygen atoms in total. The normalized spacial score (nSPS) is 24.5. The smallest absolute Gasteiger partial charge is 0.323 e. The highest BCUT2D eigenvalue weighted by Crippen LogP contribution is 2.29. The molecule has 1 aliphatic heterocycles. The fourth-order valence-electron chi connectivity index (χ4n) is 2.79. The number of nitrogens with zero attached hydrogens (tertiary/aromatic N) is 3. The highest BCUT2D eigenvalue weighted by atomic mass is 16.4. The molecule has 0 spiro atoms. The van der Waals surface area contributed by atoms with Gasteiger partial charge in [-0.2, -0.15) is 0 Å². The van der Waals surface area contributed by atoms with Gasteiger partial charge >= 0.3 is 5.97 Å². The molecule has 1 aliphatic rings. The van der Waals surface area contributed by atoms with Crippen LogP contribution in [0.4, 0.5) is 0 Å². The zero-order valence-corrected chi connectivity index (χ0v) is 11.8. The van der Waals surface area contributed by atoms with Gasteiger partial charge < -0.3 is 9.67 Å². The molecular formula is C14H23N3O2. The molecule has 2 rings (SSSR count). The molecule has 1 unspecified atom stereocenters. The zero-order chi connectivity index (χ0) is 13.9. The van der Waals surface area contributed by atoms with Crippen LogP contribution in [0.5, 0.6) is 0 Å². The minimum absolute atomic E-state index is 0.669. The van der Waals surface area contributed by atoms with Crippen LogP contribution in [0.25, 0.3) is 0 Å². The highest BCUT2D eigenvalue weighted by Gasteiger charge is 2.41. The number of hydrogen-bond donors (Lipinski definition) is 1. The largest absolute Gasteiger partial charge is 0.480 e. The van der Waals surface area contributed by atoms with E-state index >= 15 is 0 Å².